The fourth-order valence-corrected chi connectivity index (χ4v) is 1.92. The second kappa shape index (κ2) is 2.56. The maximum atomic E-state index is 11.9. The quantitative estimate of drug-likeness (QED) is 0.623. The fourth-order valence-electron chi connectivity index (χ4n) is 1.92. The van der Waals surface area contributed by atoms with Crippen molar-refractivity contribution < 1.29 is 4.79 Å². The number of fused-ring (bicyclic) bond motifs is 1. The van der Waals surface area contributed by atoms with E-state index in [0.29, 0.717) is 0 Å². The van der Waals surface area contributed by atoms with E-state index in [4.69, 9.17) is 0 Å². The summed E-state index contributed by atoms with van der Waals surface area (Å²) in [7, 11) is 1.78. The number of carbonyl (C=O) groups excluding carboxylic acids is 1. The number of hydrogen-bond donors (Lipinski definition) is 0. The predicted molar refractivity (Wildman–Crippen MR) is 55.4 cm³/mol. The number of hydrogen-bond acceptors (Lipinski definition) is 2. The summed E-state index contributed by atoms with van der Waals surface area (Å²) in [6, 6.07) is 3.95. The Morgan fingerprint density at radius 3 is 2.64 bits per heavy atom. The second-order valence-corrected chi connectivity index (χ2v) is 4.31. The molecule has 1 aromatic rings. The minimum Gasteiger partial charge on any atom is -0.299 e. The summed E-state index contributed by atoms with van der Waals surface area (Å²) >= 11 is 0. The van der Waals surface area contributed by atoms with Crippen molar-refractivity contribution in [3.8, 4) is 0 Å². The lowest BCUT2D eigenvalue weighted by Crippen LogP contribution is -2.33. The van der Waals surface area contributed by atoms with Gasteiger partial charge >= 0.3 is 0 Å². The second-order valence-electron chi connectivity index (χ2n) is 4.31. The zero-order valence-corrected chi connectivity index (χ0v) is 8.96. The highest BCUT2D eigenvalue weighted by atomic mass is 16.2. The van der Waals surface area contributed by atoms with Crippen molar-refractivity contribution in [1.29, 1.82) is 0 Å². The highest BCUT2D eigenvalue weighted by Crippen LogP contribution is 2.39. The van der Waals surface area contributed by atoms with Crippen molar-refractivity contribution in [2.45, 2.75) is 26.2 Å². The molecule has 0 N–H and O–H groups in total. The van der Waals surface area contributed by atoms with Gasteiger partial charge in [-0.15, -0.1) is 0 Å². The van der Waals surface area contributed by atoms with Crippen LogP contribution >= 0.6 is 0 Å². The molecule has 2 heterocycles. The van der Waals surface area contributed by atoms with E-state index >= 15 is 0 Å². The third-order valence-corrected chi connectivity index (χ3v) is 2.84. The molecule has 1 amide bonds. The molecule has 0 spiro atoms. The number of amides is 1. The average Bonchev–Trinajstić information content (AvgIpc) is 2.28. The van der Waals surface area contributed by atoms with Gasteiger partial charge in [-0.1, -0.05) is 6.07 Å². The van der Waals surface area contributed by atoms with Crippen molar-refractivity contribution in [2.24, 2.45) is 0 Å². The van der Waals surface area contributed by atoms with Gasteiger partial charge in [0.1, 0.15) is 5.82 Å². The van der Waals surface area contributed by atoms with Crippen LogP contribution in [0.4, 0.5) is 5.82 Å². The number of aromatic nitrogens is 1. The summed E-state index contributed by atoms with van der Waals surface area (Å²) in [5, 5.41) is 0. The number of aryl methyl sites for hydroxylation is 1. The lowest BCUT2D eigenvalue weighted by molar-refractivity contribution is -0.121. The highest BCUT2D eigenvalue weighted by molar-refractivity contribution is 6.06. The molecule has 3 heteroatoms. The van der Waals surface area contributed by atoms with Crippen LogP contribution in [0.1, 0.15) is 25.1 Å². The van der Waals surface area contributed by atoms with E-state index in [-0.39, 0.29) is 5.91 Å². The summed E-state index contributed by atoms with van der Waals surface area (Å²) in [6.07, 6.45) is 0. The van der Waals surface area contributed by atoms with Crippen LogP contribution in [0.2, 0.25) is 0 Å². The normalized spacial score (nSPS) is 18.6. The molecule has 1 aliphatic rings. The Labute approximate surface area is 83.8 Å². The van der Waals surface area contributed by atoms with Crippen molar-refractivity contribution in [3.63, 3.8) is 0 Å². The molecule has 3 nitrogen and oxygen atoms in total. The lowest BCUT2D eigenvalue weighted by atomic mass is 9.87. The molecule has 14 heavy (non-hydrogen) atoms. The van der Waals surface area contributed by atoms with Gasteiger partial charge in [-0.3, -0.25) is 9.69 Å². The Hall–Kier alpha value is -1.38. The topological polar surface area (TPSA) is 33.2 Å². The molecule has 74 valence electrons. The smallest absolute Gasteiger partial charge is 0.238 e. The number of carbonyl (C=O) groups is 1. The van der Waals surface area contributed by atoms with Gasteiger partial charge in [-0.05, 0) is 26.8 Å². The van der Waals surface area contributed by atoms with E-state index in [2.05, 4.69) is 4.98 Å². The van der Waals surface area contributed by atoms with E-state index in [9.17, 15) is 4.79 Å². The SMILES string of the molecule is Cc1ccc2c(n1)N(C)C(=O)C2(C)C. The van der Waals surface area contributed by atoms with Gasteiger partial charge < -0.3 is 0 Å². The van der Waals surface area contributed by atoms with Gasteiger partial charge in [-0.2, -0.15) is 0 Å². The zero-order valence-electron chi connectivity index (χ0n) is 8.96. The number of pyridine rings is 1. The third-order valence-electron chi connectivity index (χ3n) is 2.84. The molecular weight excluding hydrogens is 176 g/mol. The number of anilines is 1. The maximum Gasteiger partial charge on any atom is 0.238 e. The lowest BCUT2D eigenvalue weighted by Gasteiger charge is -2.15. The van der Waals surface area contributed by atoms with Crippen LogP contribution in [0.3, 0.4) is 0 Å². The molecule has 0 aliphatic carbocycles. The molecule has 2 rings (SSSR count). The standard InChI is InChI=1S/C11H14N2O/c1-7-5-6-8-9(12-7)13(4)10(14)11(8,2)3/h5-6H,1-4H3. The van der Waals surface area contributed by atoms with E-state index < -0.39 is 5.41 Å². The first-order valence-electron chi connectivity index (χ1n) is 4.71. The Balaban J connectivity index is 2.68. The van der Waals surface area contributed by atoms with Crippen LogP contribution in [-0.2, 0) is 10.2 Å². The molecule has 0 radical (unpaired) electrons. The predicted octanol–water partition coefficient (Wildman–Crippen LogP) is 1.64. The van der Waals surface area contributed by atoms with Crippen LogP contribution in [0, 0.1) is 6.92 Å². The molecule has 0 saturated carbocycles. The molecule has 0 fully saturated rings. The molecule has 0 unspecified atom stereocenters. The van der Waals surface area contributed by atoms with Gasteiger partial charge in [0, 0.05) is 18.3 Å². The molecule has 1 aromatic heterocycles. The van der Waals surface area contributed by atoms with E-state index in [1.165, 1.54) is 0 Å². The summed E-state index contributed by atoms with van der Waals surface area (Å²) in [5.74, 6) is 0.922. The molecule has 0 saturated heterocycles. The molecular formula is C11H14N2O. The Morgan fingerprint density at radius 2 is 2.00 bits per heavy atom. The third kappa shape index (κ3) is 0.983. The van der Waals surface area contributed by atoms with Crippen LogP contribution in [0.5, 0.6) is 0 Å². The summed E-state index contributed by atoms with van der Waals surface area (Å²) < 4.78 is 0. The first kappa shape index (κ1) is 9.19. The van der Waals surface area contributed by atoms with Crippen molar-refractivity contribution in [3.05, 3.63) is 23.4 Å². The van der Waals surface area contributed by atoms with Crippen LogP contribution in [0.15, 0.2) is 12.1 Å². The van der Waals surface area contributed by atoms with Gasteiger partial charge in [-0.25, -0.2) is 4.98 Å². The van der Waals surface area contributed by atoms with Crippen molar-refractivity contribution in [1.82, 2.24) is 4.98 Å². The fraction of sp³-hybridized carbons (Fsp3) is 0.455. The van der Waals surface area contributed by atoms with Gasteiger partial charge in [0.05, 0.1) is 5.41 Å². The molecule has 0 aromatic carbocycles. The molecule has 0 atom stereocenters. The first-order chi connectivity index (χ1) is 6.44. The summed E-state index contributed by atoms with van der Waals surface area (Å²) in [5.41, 5.74) is 1.54. The van der Waals surface area contributed by atoms with E-state index in [1.807, 2.05) is 32.9 Å². The van der Waals surface area contributed by atoms with Gasteiger partial charge in [0.25, 0.3) is 0 Å². The zero-order chi connectivity index (χ0) is 10.5. The summed E-state index contributed by atoms with van der Waals surface area (Å²) in [4.78, 5) is 17.9. The van der Waals surface area contributed by atoms with E-state index in [0.717, 1.165) is 17.1 Å². The van der Waals surface area contributed by atoms with Crippen LogP contribution in [0.25, 0.3) is 0 Å². The van der Waals surface area contributed by atoms with Crippen LogP contribution < -0.4 is 4.90 Å². The van der Waals surface area contributed by atoms with Crippen molar-refractivity contribution in [2.75, 3.05) is 11.9 Å². The highest BCUT2D eigenvalue weighted by Gasteiger charge is 2.42. The Bertz CT molecular complexity index is 410. The van der Waals surface area contributed by atoms with Gasteiger partial charge in [0.2, 0.25) is 5.91 Å². The molecule has 1 aliphatic heterocycles. The van der Waals surface area contributed by atoms with Crippen molar-refractivity contribution >= 4 is 11.7 Å². The van der Waals surface area contributed by atoms with E-state index in [1.54, 1.807) is 11.9 Å². The summed E-state index contributed by atoms with van der Waals surface area (Å²) in [6.45, 7) is 5.81. The Kier molecular flexibility index (Phi) is 1.68. The largest absolute Gasteiger partial charge is 0.299 e. The minimum absolute atomic E-state index is 0.116. The van der Waals surface area contributed by atoms with Gasteiger partial charge in [0.15, 0.2) is 0 Å². The number of nitrogens with zero attached hydrogens (tertiary/aromatic N) is 2. The van der Waals surface area contributed by atoms with Crippen LogP contribution in [-0.4, -0.2) is 17.9 Å². The minimum atomic E-state index is -0.426. The molecule has 0 bridgehead atoms. The maximum absolute atomic E-state index is 11.9. The monoisotopic (exact) mass is 190 g/mol. The first-order valence-corrected chi connectivity index (χ1v) is 4.71. The number of likely N-dealkylation sites (N-methyl/N-ethyl adjacent to an activating group) is 1. The number of rotatable bonds is 0. The Morgan fingerprint density at radius 1 is 1.36 bits per heavy atom. The average molecular weight is 190 g/mol.